The number of fused-ring (bicyclic) bond motifs is 3. The van der Waals surface area contributed by atoms with E-state index in [1.807, 2.05) is 25.1 Å². The average Bonchev–Trinajstić information content (AvgIpc) is 2.87. The maximum atomic E-state index is 14.1. The molecule has 1 aromatic carbocycles. The van der Waals surface area contributed by atoms with E-state index in [2.05, 4.69) is 4.90 Å². The number of carbonyl (C=O) groups is 5. The average molecular weight is 555 g/mol. The first kappa shape index (κ1) is 28.4. The fourth-order valence-electron chi connectivity index (χ4n) is 7.58. The summed E-state index contributed by atoms with van der Waals surface area (Å²) >= 11 is 0. The largest absolute Gasteiger partial charge is 0.507 e. The first-order valence-corrected chi connectivity index (χ1v) is 13.9. The van der Waals surface area contributed by atoms with E-state index < -0.39 is 64.4 Å². The first-order chi connectivity index (χ1) is 18.8. The second kappa shape index (κ2) is 10.0. The molecule has 4 N–H and O–H groups in total. The smallest absolute Gasteiger partial charge is 0.235 e. The molecule has 11 heteroatoms. The molecule has 5 rings (SSSR count). The molecule has 6 atom stereocenters. The number of anilines is 1. The number of phenolic OH excluding ortho intramolecular Hbond substituents is 1. The highest BCUT2D eigenvalue weighted by Gasteiger charge is 2.69. The molecule has 1 amide bonds. The van der Waals surface area contributed by atoms with Gasteiger partial charge in [-0.1, -0.05) is 6.42 Å². The summed E-state index contributed by atoms with van der Waals surface area (Å²) in [6.07, 6.45) is 3.54. The van der Waals surface area contributed by atoms with Crippen molar-refractivity contribution in [3.05, 3.63) is 22.8 Å². The Labute approximate surface area is 233 Å². The number of rotatable bonds is 5. The van der Waals surface area contributed by atoms with Gasteiger partial charge in [0.1, 0.15) is 5.75 Å². The topological polar surface area (TPSA) is 162 Å². The van der Waals surface area contributed by atoms with Gasteiger partial charge in [-0.05, 0) is 70.4 Å². The number of aliphatic hydroxyl groups is 1. The summed E-state index contributed by atoms with van der Waals surface area (Å²) in [7, 11) is 6.84. The van der Waals surface area contributed by atoms with E-state index >= 15 is 0 Å². The Morgan fingerprint density at radius 1 is 1.07 bits per heavy atom. The van der Waals surface area contributed by atoms with E-state index in [9.17, 15) is 34.2 Å². The molecule has 4 aliphatic rings. The van der Waals surface area contributed by atoms with Gasteiger partial charge < -0.3 is 20.8 Å². The van der Waals surface area contributed by atoms with Crippen LogP contribution in [0.1, 0.15) is 47.2 Å². The number of phenols is 1. The number of primary amides is 1. The third-order valence-electron chi connectivity index (χ3n) is 9.44. The molecule has 3 aliphatic carbocycles. The summed E-state index contributed by atoms with van der Waals surface area (Å²) in [6, 6.07) is 0.778. The highest BCUT2D eigenvalue weighted by atomic mass is 16.3. The Morgan fingerprint density at radius 2 is 1.73 bits per heavy atom. The van der Waals surface area contributed by atoms with E-state index in [4.69, 9.17) is 5.73 Å². The maximum absolute atomic E-state index is 14.1. The van der Waals surface area contributed by atoms with Crippen LogP contribution in [0.15, 0.2) is 6.07 Å². The molecule has 1 saturated heterocycles. The fourth-order valence-corrected chi connectivity index (χ4v) is 7.58. The molecule has 1 heterocycles. The molecule has 0 bridgehead atoms. The number of hydrogen-bond donors (Lipinski definition) is 3. The second-order valence-electron chi connectivity index (χ2n) is 12.3. The predicted octanol–water partition coefficient (Wildman–Crippen LogP) is -0.0811. The van der Waals surface area contributed by atoms with Crippen LogP contribution in [0.2, 0.25) is 0 Å². The van der Waals surface area contributed by atoms with Gasteiger partial charge in [-0.2, -0.15) is 0 Å². The fraction of sp³-hybridized carbons (Fsp3) is 0.621. The van der Waals surface area contributed by atoms with Gasteiger partial charge in [0.15, 0.2) is 34.7 Å². The molecule has 216 valence electrons. The molecule has 2 saturated carbocycles. The lowest BCUT2D eigenvalue weighted by atomic mass is 9.52. The predicted molar refractivity (Wildman–Crippen MR) is 145 cm³/mol. The number of likely N-dealkylation sites (N-methyl/N-ethyl adjacent to an activating group) is 1. The van der Waals surface area contributed by atoms with Crippen molar-refractivity contribution in [3.63, 3.8) is 0 Å². The number of Topliss-reactive ketones (excluding diaryl/α,β-unsaturated/α-hetero) is 4. The Balaban J connectivity index is 1.61. The SMILES string of the molecule is CN(C)c1cc(CN2CCCCC2)c(O)c2c1C[C@@H]1C[C@@H]3[C@@H](N(C)C)C(=O)C(C(N)=O)C(=O)[C@]3(O)C(=O)C1C2=O. The normalized spacial score (nSPS) is 32.5. The van der Waals surface area contributed by atoms with Crippen LogP contribution in [0.4, 0.5) is 5.69 Å². The zero-order chi connectivity index (χ0) is 29.3. The van der Waals surface area contributed by atoms with Crippen molar-refractivity contribution in [1.82, 2.24) is 9.80 Å². The van der Waals surface area contributed by atoms with Crippen LogP contribution in [0.3, 0.4) is 0 Å². The quantitative estimate of drug-likeness (QED) is 0.420. The second-order valence-corrected chi connectivity index (χ2v) is 12.3. The van der Waals surface area contributed by atoms with Gasteiger partial charge in [-0.25, -0.2) is 0 Å². The summed E-state index contributed by atoms with van der Waals surface area (Å²) in [4.78, 5) is 72.6. The molecular formula is C29H38N4O7. The lowest BCUT2D eigenvalue weighted by Gasteiger charge is -2.52. The number of amides is 1. The van der Waals surface area contributed by atoms with Crippen LogP contribution in [0.5, 0.6) is 5.75 Å². The summed E-state index contributed by atoms with van der Waals surface area (Å²) in [5.74, 6) is -10.2. The van der Waals surface area contributed by atoms with Crippen LogP contribution in [0.25, 0.3) is 0 Å². The van der Waals surface area contributed by atoms with E-state index in [0.717, 1.165) is 38.0 Å². The van der Waals surface area contributed by atoms with Crippen LogP contribution in [-0.2, 0) is 32.1 Å². The minimum absolute atomic E-state index is 0.0348. The van der Waals surface area contributed by atoms with E-state index in [1.165, 1.54) is 4.90 Å². The third-order valence-corrected chi connectivity index (χ3v) is 9.44. The van der Waals surface area contributed by atoms with Crippen molar-refractivity contribution in [3.8, 4) is 5.75 Å². The highest BCUT2D eigenvalue weighted by Crippen LogP contribution is 2.52. The zero-order valence-corrected chi connectivity index (χ0v) is 23.5. The van der Waals surface area contributed by atoms with Gasteiger partial charge in [0.05, 0.1) is 17.5 Å². The molecule has 11 nitrogen and oxygen atoms in total. The number of nitrogens with zero attached hydrogens (tertiary/aromatic N) is 3. The minimum atomic E-state index is -2.72. The van der Waals surface area contributed by atoms with Crippen molar-refractivity contribution < 1.29 is 34.2 Å². The van der Waals surface area contributed by atoms with Crippen molar-refractivity contribution in [2.75, 3.05) is 46.2 Å². The lowest BCUT2D eigenvalue weighted by Crippen LogP contribution is -2.74. The van der Waals surface area contributed by atoms with Gasteiger partial charge in [-0.3, -0.25) is 33.8 Å². The number of aromatic hydroxyl groups is 1. The number of benzene rings is 1. The van der Waals surface area contributed by atoms with E-state index in [-0.39, 0.29) is 24.2 Å². The van der Waals surface area contributed by atoms with Crippen molar-refractivity contribution in [2.24, 2.45) is 29.4 Å². The van der Waals surface area contributed by atoms with Gasteiger partial charge in [0.2, 0.25) is 5.91 Å². The van der Waals surface area contributed by atoms with Gasteiger partial charge in [0.25, 0.3) is 0 Å². The van der Waals surface area contributed by atoms with Crippen molar-refractivity contribution >= 4 is 34.7 Å². The van der Waals surface area contributed by atoms with Crippen LogP contribution in [-0.4, -0.2) is 102 Å². The Bertz CT molecular complexity index is 1300. The van der Waals surface area contributed by atoms with Gasteiger partial charge >= 0.3 is 0 Å². The summed E-state index contributed by atoms with van der Waals surface area (Å²) in [6.45, 7) is 2.22. The van der Waals surface area contributed by atoms with Crippen LogP contribution >= 0.6 is 0 Å². The lowest BCUT2D eigenvalue weighted by molar-refractivity contribution is -0.181. The van der Waals surface area contributed by atoms with E-state index in [0.29, 0.717) is 17.7 Å². The standard InChI is InChI=1S/C29H38N4O7/c1-31(2)18-12-15(13-33-8-6-5-7-9-33)23(34)20-16(18)10-14-11-17-22(32(3)4)25(36)21(28(30)39)27(38)29(17,40)26(37)19(14)24(20)35/h12,14,17,19,21-22,34,40H,5-11,13H2,1-4H3,(H2,30,39)/t14-,17-,19?,21?,22-,29-/m1/s1. The number of hydrogen-bond acceptors (Lipinski definition) is 10. The first-order valence-electron chi connectivity index (χ1n) is 13.9. The molecule has 2 unspecified atom stereocenters. The third kappa shape index (κ3) is 4.09. The Kier molecular flexibility index (Phi) is 7.12. The molecule has 0 spiro atoms. The molecule has 1 aliphatic heterocycles. The van der Waals surface area contributed by atoms with Gasteiger partial charge in [-0.15, -0.1) is 0 Å². The Hall–Kier alpha value is -3.15. The van der Waals surface area contributed by atoms with Gasteiger partial charge in [0, 0.05) is 37.8 Å². The highest BCUT2D eigenvalue weighted by molar-refractivity contribution is 6.32. The molecular weight excluding hydrogens is 516 g/mol. The summed E-state index contributed by atoms with van der Waals surface area (Å²) in [5.41, 5.74) is 4.66. The molecule has 3 fully saturated rings. The maximum Gasteiger partial charge on any atom is 0.235 e. The number of likely N-dealkylation sites (tertiary alicyclic amines) is 1. The van der Waals surface area contributed by atoms with Crippen molar-refractivity contribution in [1.29, 1.82) is 0 Å². The van der Waals surface area contributed by atoms with Crippen molar-refractivity contribution in [2.45, 2.75) is 50.3 Å². The summed E-state index contributed by atoms with van der Waals surface area (Å²) < 4.78 is 0. The van der Waals surface area contributed by atoms with Crippen LogP contribution in [0, 0.1) is 23.7 Å². The number of nitrogens with two attached hydrogens (primary N) is 1. The Morgan fingerprint density at radius 3 is 2.30 bits per heavy atom. The zero-order valence-electron chi connectivity index (χ0n) is 23.5. The number of carbonyl (C=O) groups excluding carboxylic acids is 5. The minimum Gasteiger partial charge on any atom is -0.507 e. The molecule has 1 aromatic rings. The number of ketones is 4. The molecule has 0 aromatic heterocycles. The van der Waals surface area contributed by atoms with E-state index in [1.54, 1.807) is 14.1 Å². The monoisotopic (exact) mass is 554 g/mol. The molecule has 0 radical (unpaired) electrons. The summed E-state index contributed by atoms with van der Waals surface area (Å²) in [5, 5.41) is 23.2. The molecule has 40 heavy (non-hydrogen) atoms. The number of piperidine rings is 1. The van der Waals surface area contributed by atoms with Crippen LogP contribution < -0.4 is 10.6 Å².